The molecule has 0 saturated carbocycles. The molecule has 0 fully saturated rings. The first kappa shape index (κ1) is 26.2. The number of benzene rings is 3. The third-order valence-electron chi connectivity index (χ3n) is 4.24. The first-order chi connectivity index (χ1) is 16.6. The number of amides is 1. The number of nitro groups is 2. The van der Waals surface area contributed by atoms with Crippen molar-refractivity contribution in [3.63, 3.8) is 0 Å². The molecule has 0 aliphatic rings. The van der Waals surface area contributed by atoms with Crippen LogP contribution >= 0.6 is 11.6 Å². The van der Waals surface area contributed by atoms with E-state index in [-0.39, 0.29) is 23.7 Å². The Labute approximate surface area is 202 Å². The van der Waals surface area contributed by atoms with Crippen LogP contribution < -0.4 is 9.64 Å². The number of hydrogen-bond donors (Lipinski definition) is 1. The molecule has 178 valence electrons. The number of carbonyl (C=O) groups is 2. The molecule has 0 aromatic heterocycles. The molecule has 0 atom stereocenters. The fourth-order valence-corrected chi connectivity index (χ4v) is 2.73. The highest BCUT2D eigenvalue weighted by Gasteiger charge is 2.20. The van der Waals surface area contributed by atoms with Crippen molar-refractivity contribution in [3.8, 4) is 11.8 Å². The van der Waals surface area contributed by atoms with E-state index in [9.17, 15) is 25.0 Å². The second-order valence-corrected chi connectivity index (χ2v) is 6.87. The molecule has 0 unspecified atom stereocenters. The number of halogens is 1. The first-order valence-corrected chi connectivity index (χ1v) is 9.84. The summed E-state index contributed by atoms with van der Waals surface area (Å²) in [5, 5.41) is 38.0. The molecule has 0 aliphatic carbocycles. The summed E-state index contributed by atoms with van der Waals surface area (Å²) in [6, 6.07) is 19.0. The van der Waals surface area contributed by atoms with Crippen LogP contribution in [0.15, 0.2) is 72.8 Å². The molecule has 0 aliphatic heterocycles. The van der Waals surface area contributed by atoms with Crippen LogP contribution in [0.5, 0.6) is 5.75 Å². The van der Waals surface area contributed by atoms with Crippen LogP contribution in [0.1, 0.15) is 11.1 Å². The molecule has 35 heavy (non-hydrogen) atoms. The Kier molecular flexibility index (Phi) is 9.21. The van der Waals surface area contributed by atoms with Crippen molar-refractivity contribution in [3.05, 3.63) is 104 Å². The number of rotatable bonds is 6. The highest BCUT2D eigenvalue weighted by Crippen LogP contribution is 2.24. The molecule has 0 spiro atoms. The molecule has 3 aromatic carbocycles. The van der Waals surface area contributed by atoms with E-state index >= 15 is 0 Å². The Morgan fingerprint density at radius 3 is 1.97 bits per heavy atom. The summed E-state index contributed by atoms with van der Waals surface area (Å²) in [5.41, 5.74) is -0.276. The molecule has 0 saturated heterocycles. The van der Waals surface area contributed by atoms with E-state index in [4.69, 9.17) is 19.9 Å². The largest absolute Gasteiger partial charge is 0.469 e. The van der Waals surface area contributed by atoms with Crippen molar-refractivity contribution in [2.75, 3.05) is 4.90 Å². The predicted molar refractivity (Wildman–Crippen MR) is 123 cm³/mol. The smallest absolute Gasteiger partial charge is 0.420 e. The van der Waals surface area contributed by atoms with Gasteiger partial charge in [0.25, 0.3) is 11.4 Å². The summed E-state index contributed by atoms with van der Waals surface area (Å²) < 4.78 is 5.34. The van der Waals surface area contributed by atoms with Gasteiger partial charge in [-0.1, -0.05) is 12.1 Å². The molecule has 0 bridgehead atoms. The normalized spacial score (nSPS) is 9.60. The van der Waals surface area contributed by atoms with Crippen molar-refractivity contribution >= 4 is 40.2 Å². The lowest BCUT2D eigenvalue weighted by Gasteiger charge is -2.22. The first-order valence-electron chi connectivity index (χ1n) is 9.46. The molecule has 1 N–H and O–H groups in total. The summed E-state index contributed by atoms with van der Waals surface area (Å²) in [4.78, 5) is 43.4. The van der Waals surface area contributed by atoms with Gasteiger partial charge in [-0.2, -0.15) is 5.26 Å². The second kappa shape index (κ2) is 12.3. The molecule has 3 aromatic rings. The quantitative estimate of drug-likeness (QED) is 0.261. The number of hydrogen-bond acceptors (Lipinski definition) is 8. The Morgan fingerprint density at radius 2 is 1.49 bits per heavy atom. The summed E-state index contributed by atoms with van der Waals surface area (Å²) in [5.74, 6) is 0.0910. The second-order valence-electron chi connectivity index (χ2n) is 6.54. The summed E-state index contributed by atoms with van der Waals surface area (Å²) in [7, 11) is 0. The van der Waals surface area contributed by atoms with Crippen LogP contribution in [0.3, 0.4) is 0 Å². The number of carbonyl (C=O) groups excluding carboxylic acids is 1. The van der Waals surface area contributed by atoms with Gasteiger partial charge in [-0.3, -0.25) is 25.1 Å². The summed E-state index contributed by atoms with van der Waals surface area (Å²) >= 11 is 4.19. The van der Waals surface area contributed by atoms with Gasteiger partial charge in [0.05, 0.1) is 28.0 Å². The minimum absolute atomic E-state index is 0.0269. The van der Waals surface area contributed by atoms with E-state index in [2.05, 4.69) is 11.6 Å². The number of anilines is 1. The maximum Gasteiger partial charge on any atom is 0.420 e. The van der Waals surface area contributed by atoms with Gasteiger partial charge in [-0.15, -0.1) is 0 Å². The monoisotopic (exact) mass is 498 g/mol. The van der Waals surface area contributed by atoms with E-state index in [0.29, 0.717) is 16.8 Å². The minimum atomic E-state index is -1.36. The number of non-ortho nitro benzene ring substituents is 2. The minimum Gasteiger partial charge on any atom is -0.469 e. The zero-order chi connectivity index (χ0) is 26.0. The van der Waals surface area contributed by atoms with E-state index < -0.39 is 21.4 Å². The van der Waals surface area contributed by atoms with Gasteiger partial charge in [0.1, 0.15) is 5.75 Å². The van der Waals surface area contributed by atoms with Gasteiger partial charge in [0, 0.05) is 41.6 Å². The fraction of sp³-hybridized carbons (Fsp3) is 0.0455. The molecule has 0 radical (unpaired) electrons. The highest BCUT2D eigenvalue weighted by atomic mass is 35.5. The van der Waals surface area contributed by atoms with Crippen LogP contribution in [0.2, 0.25) is 0 Å². The van der Waals surface area contributed by atoms with Gasteiger partial charge in [-0.25, -0.2) is 9.59 Å². The van der Waals surface area contributed by atoms with Gasteiger partial charge >= 0.3 is 11.5 Å². The number of carboxylic acid groups (broad SMARTS) is 1. The van der Waals surface area contributed by atoms with E-state index in [0.717, 1.165) is 0 Å². The zero-order valence-electron chi connectivity index (χ0n) is 17.6. The Bertz CT molecular complexity index is 1270. The van der Waals surface area contributed by atoms with E-state index in [1.54, 1.807) is 24.3 Å². The van der Waals surface area contributed by atoms with Crippen molar-refractivity contribution < 1.29 is 29.3 Å². The SMILES string of the molecule is N#Cc1cccc(CN(C(=O)Oc2ccc([N+](=O)[O-])cc2)c2ccc([N+](=O)[O-])cc2)c1.O=C(O)Cl. The van der Waals surface area contributed by atoms with Gasteiger partial charge < -0.3 is 9.84 Å². The maximum atomic E-state index is 12.9. The highest BCUT2D eigenvalue weighted by molar-refractivity contribution is 6.60. The molecular weight excluding hydrogens is 484 g/mol. The van der Waals surface area contributed by atoms with Gasteiger partial charge in [-0.05, 0) is 42.0 Å². The number of nitro benzene ring substituents is 2. The summed E-state index contributed by atoms with van der Waals surface area (Å²) in [6.45, 7) is 0.0269. The lowest BCUT2D eigenvalue weighted by molar-refractivity contribution is -0.385. The van der Waals surface area contributed by atoms with Crippen LogP contribution in [-0.4, -0.2) is 26.5 Å². The Morgan fingerprint density at radius 1 is 0.971 bits per heavy atom. The Balaban J connectivity index is 0.00000100. The molecule has 3 rings (SSSR count). The van der Waals surface area contributed by atoms with Crippen molar-refractivity contribution in [2.45, 2.75) is 6.54 Å². The van der Waals surface area contributed by atoms with Crippen LogP contribution in [0.4, 0.5) is 26.7 Å². The van der Waals surface area contributed by atoms with Gasteiger partial charge in [0.15, 0.2) is 0 Å². The molecule has 0 heterocycles. The average molecular weight is 499 g/mol. The van der Waals surface area contributed by atoms with Crippen molar-refractivity contribution in [1.82, 2.24) is 0 Å². The number of nitriles is 1. The topological polar surface area (TPSA) is 177 Å². The number of nitrogens with zero attached hydrogens (tertiary/aromatic N) is 4. The fourth-order valence-electron chi connectivity index (χ4n) is 2.73. The standard InChI is InChI=1S/C21H14N4O6.CHClO2/c22-13-15-2-1-3-16(12-15)14-23(17-4-6-18(7-5-17)24(27)28)21(26)31-20-10-8-19(9-11-20)25(29)30;2-1(3)4/h1-12H,14H2;(H,3,4). The molecule has 12 nitrogen and oxygen atoms in total. The summed E-state index contributed by atoms with van der Waals surface area (Å²) in [6.07, 6.45) is -0.801. The van der Waals surface area contributed by atoms with Crippen molar-refractivity contribution in [2.24, 2.45) is 0 Å². The third-order valence-corrected chi connectivity index (χ3v) is 4.24. The molecule has 13 heteroatoms. The van der Waals surface area contributed by atoms with Gasteiger partial charge in [0.2, 0.25) is 0 Å². The molecule has 1 amide bonds. The van der Waals surface area contributed by atoms with E-state index in [1.807, 2.05) is 6.07 Å². The maximum absolute atomic E-state index is 12.9. The zero-order valence-corrected chi connectivity index (χ0v) is 18.4. The van der Waals surface area contributed by atoms with Crippen molar-refractivity contribution in [1.29, 1.82) is 5.26 Å². The third kappa shape index (κ3) is 8.12. The van der Waals surface area contributed by atoms with Crippen LogP contribution in [0, 0.1) is 31.6 Å². The lowest BCUT2D eigenvalue weighted by atomic mass is 10.1. The Hall–Kier alpha value is -5.02. The molecular formula is C22H15ClN4O8. The van der Waals surface area contributed by atoms with E-state index in [1.165, 1.54) is 53.4 Å². The lowest BCUT2D eigenvalue weighted by Crippen LogP contribution is -2.33. The predicted octanol–water partition coefficient (Wildman–Crippen LogP) is 5.48. The van der Waals surface area contributed by atoms with Crippen LogP contribution in [-0.2, 0) is 6.54 Å². The average Bonchev–Trinajstić information content (AvgIpc) is 2.82. The number of ether oxygens (including phenoxy) is 1. The van der Waals surface area contributed by atoms with Crippen LogP contribution in [0.25, 0.3) is 0 Å².